The molecule has 0 aliphatic carbocycles. The quantitative estimate of drug-likeness (QED) is 0.449. The third-order valence-corrected chi connectivity index (χ3v) is 2.58. The van der Waals surface area contributed by atoms with Crippen LogP contribution in [0.4, 0.5) is 0 Å². The van der Waals surface area contributed by atoms with Crippen molar-refractivity contribution in [3.8, 4) is 0 Å². The summed E-state index contributed by atoms with van der Waals surface area (Å²) in [4.78, 5) is 11.2. The normalized spacial score (nSPS) is 12.4. The van der Waals surface area contributed by atoms with Crippen LogP contribution in [0, 0.1) is 0 Å². The second-order valence-electron chi connectivity index (χ2n) is 4.26. The van der Waals surface area contributed by atoms with E-state index in [0.717, 1.165) is 32.1 Å². The van der Waals surface area contributed by atoms with Gasteiger partial charge in [0.1, 0.15) is 0 Å². The molecule has 0 radical (unpaired) electrons. The van der Waals surface area contributed by atoms with Gasteiger partial charge in [0, 0.05) is 20.1 Å². The van der Waals surface area contributed by atoms with Crippen LogP contribution in [0.1, 0.15) is 51.9 Å². The van der Waals surface area contributed by atoms with Crippen LogP contribution in [0.5, 0.6) is 0 Å². The van der Waals surface area contributed by atoms with Crippen LogP contribution in [-0.2, 0) is 14.3 Å². The minimum absolute atomic E-state index is 0.121. The lowest BCUT2D eigenvalue weighted by Crippen LogP contribution is -2.10. The fourth-order valence-corrected chi connectivity index (χ4v) is 1.45. The molecule has 1 atom stereocenters. The molecule has 0 unspecified atom stereocenters. The summed E-state index contributed by atoms with van der Waals surface area (Å²) in [6, 6.07) is 0. The van der Waals surface area contributed by atoms with E-state index < -0.39 is 0 Å². The highest BCUT2D eigenvalue weighted by molar-refractivity contribution is 5.69. The molecule has 0 bridgehead atoms. The van der Waals surface area contributed by atoms with Crippen molar-refractivity contribution in [1.82, 2.24) is 0 Å². The van der Waals surface area contributed by atoms with E-state index in [9.17, 15) is 9.90 Å². The van der Waals surface area contributed by atoms with Gasteiger partial charge in [0.2, 0.25) is 0 Å². The highest BCUT2D eigenvalue weighted by Gasteiger charge is 2.06. The van der Waals surface area contributed by atoms with Crippen molar-refractivity contribution in [2.75, 3.05) is 20.3 Å². The molecule has 102 valence electrons. The Morgan fingerprint density at radius 2 is 1.94 bits per heavy atom. The monoisotopic (exact) mass is 246 g/mol. The highest BCUT2D eigenvalue weighted by Crippen LogP contribution is 2.07. The number of carbonyl (C=O) groups is 1. The average Bonchev–Trinajstić information content (AvgIpc) is 2.32. The van der Waals surface area contributed by atoms with Crippen molar-refractivity contribution >= 4 is 5.97 Å². The zero-order valence-corrected chi connectivity index (χ0v) is 11.1. The summed E-state index contributed by atoms with van der Waals surface area (Å²) in [5.74, 6) is -0.121. The molecule has 0 saturated carbocycles. The van der Waals surface area contributed by atoms with E-state index >= 15 is 0 Å². The van der Waals surface area contributed by atoms with Gasteiger partial charge < -0.3 is 14.6 Å². The Morgan fingerprint density at radius 3 is 2.59 bits per heavy atom. The molecule has 0 aromatic rings. The van der Waals surface area contributed by atoms with E-state index in [1.165, 1.54) is 0 Å². The second kappa shape index (κ2) is 11.9. The molecule has 0 aromatic carbocycles. The molecular weight excluding hydrogens is 220 g/mol. The molecule has 0 aliphatic rings. The van der Waals surface area contributed by atoms with Crippen LogP contribution >= 0.6 is 0 Å². The number of aliphatic hydroxyl groups excluding tert-OH is 1. The molecule has 4 heteroatoms. The molecule has 0 rings (SSSR count). The molecular formula is C13H26O4. The molecule has 0 aliphatic heterocycles. The Bertz CT molecular complexity index is 182. The number of unbranched alkanes of at least 4 members (excludes halogenated alkanes) is 2. The van der Waals surface area contributed by atoms with Gasteiger partial charge in [-0.2, -0.15) is 0 Å². The van der Waals surface area contributed by atoms with Gasteiger partial charge in [0.15, 0.2) is 0 Å². The number of methoxy groups -OCH3 is 1. The van der Waals surface area contributed by atoms with Crippen LogP contribution in [0.15, 0.2) is 0 Å². The molecule has 0 aromatic heterocycles. The van der Waals surface area contributed by atoms with Crippen molar-refractivity contribution < 1.29 is 19.4 Å². The number of esters is 1. The van der Waals surface area contributed by atoms with Crippen molar-refractivity contribution in [2.45, 2.75) is 58.0 Å². The fourth-order valence-electron chi connectivity index (χ4n) is 1.45. The lowest BCUT2D eigenvalue weighted by molar-refractivity contribution is -0.143. The summed E-state index contributed by atoms with van der Waals surface area (Å²) in [7, 11) is 1.62. The molecule has 0 fully saturated rings. The third kappa shape index (κ3) is 11.6. The first-order valence-corrected chi connectivity index (χ1v) is 6.53. The van der Waals surface area contributed by atoms with Gasteiger partial charge in [-0.1, -0.05) is 19.8 Å². The van der Waals surface area contributed by atoms with Gasteiger partial charge in [0.25, 0.3) is 0 Å². The van der Waals surface area contributed by atoms with E-state index in [2.05, 4.69) is 6.92 Å². The molecule has 0 saturated heterocycles. The standard InChI is InChI=1S/C13H26O4/c1-3-4-10-17-13(15)8-6-5-7-12(14)9-11-16-2/h12,14H,3-11H2,1-2H3/t12-/m0/s1. The largest absolute Gasteiger partial charge is 0.466 e. The average molecular weight is 246 g/mol. The molecule has 0 amide bonds. The Labute approximate surface area is 104 Å². The maximum absolute atomic E-state index is 11.2. The predicted molar refractivity (Wildman–Crippen MR) is 66.8 cm³/mol. The number of carbonyl (C=O) groups excluding carboxylic acids is 1. The number of hydrogen-bond acceptors (Lipinski definition) is 4. The summed E-state index contributed by atoms with van der Waals surface area (Å²) >= 11 is 0. The molecule has 4 nitrogen and oxygen atoms in total. The first-order chi connectivity index (χ1) is 8.20. The highest BCUT2D eigenvalue weighted by atomic mass is 16.5. The van der Waals surface area contributed by atoms with Crippen LogP contribution in [0.2, 0.25) is 0 Å². The molecule has 1 N–H and O–H groups in total. The van der Waals surface area contributed by atoms with Gasteiger partial charge in [-0.15, -0.1) is 0 Å². The lowest BCUT2D eigenvalue weighted by atomic mass is 10.1. The van der Waals surface area contributed by atoms with Gasteiger partial charge in [-0.05, 0) is 25.7 Å². The van der Waals surface area contributed by atoms with Crippen LogP contribution < -0.4 is 0 Å². The summed E-state index contributed by atoms with van der Waals surface area (Å²) in [5, 5.41) is 9.52. The first kappa shape index (κ1) is 16.4. The number of hydrogen-bond donors (Lipinski definition) is 1. The van der Waals surface area contributed by atoms with E-state index in [-0.39, 0.29) is 12.1 Å². The van der Waals surface area contributed by atoms with Gasteiger partial charge >= 0.3 is 5.97 Å². The Hall–Kier alpha value is -0.610. The van der Waals surface area contributed by atoms with Gasteiger partial charge in [-0.3, -0.25) is 4.79 Å². The molecule has 17 heavy (non-hydrogen) atoms. The minimum atomic E-state index is -0.314. The zero-order chi connectivity index (χ0) is 12.9. The second-order valence-corrected chi connectivity index (χ2v) is 4.26. The summed E-state index contributed by atoms with van der Waals surface area (Å²) in [6.07, 6.45) is 5.15. The van der Waals surface area contributed by atoms with E-state index in [1.54, 1.807) is 7.11 Å². The molecule has 0 spiro atoms. The zero-order valence-electron chi connectivity index (χ0n) is 11.1. The van der Waals surface area contributed by atoms with Crippen LogP contribution in [0.3, 0.4) is 0 Å². The smallest absolute Gasteiger partial charge is 0.305 e. The van der Waals surface area contributed by atoms with Gasteiger partial charge in [-0.25, -0.2) is 0 Å². The topological polar surface area (TPSA) is 55.8 Å². The summed E-state index contributed by atoms with van der Waals surface area (Å²) in [5.41, 5.74) is 0. The van der Waals surface area contributed by atoms with Crippen molar-refractivity contribution in [3.63, 3.8) is 0 Å². The van der Waals surface area contributed by atoms with Crippen molar-refractivity contribution in [1.29, 1.82) is 0 Å². The van der Waals surface area contributed by atoms with E-state index in [4.69, 9.17) is 9.47 Å². The number of rotatable bonds is 11. The fraction of sp³-hybridized carbons (Fsp3) is 0.923. The lowest BCUT2D eigenvalue weighted by Gasteiger charge is -2.09. The summed E-state index contributed by atoms with van der Waals surface area (Å²) in [6.45, 7) is 3.18. The van der Waals surface area contributed by atoms with E-state index in [0.29, 0.717) is 26.1 Å². The first-order valence-electron chi connectivity index (χ1n) is 6.53. The number of ether oxygens (including phenoxy) is 2. The Kier molecular flexibility index (Phi) is 11.4. The minimum Gasteiger partial charge on any atom is -0.466 e. The predicted octanol–water partition coefficient (Wildman–Crippen LogP) is 2.29. The van der Waals surface area contributed by atoms with Crippen LogP contribution in [-0.4, -0.2) is 37.5 Å². The van der Waals surface area contributed by atoms with E-state index in [1.807, 2.05) is 0 Å². The van der Waals surface area contributed by atoms with Gasteiger partial charge in [0.05, 0.1) is 12.7 Å². The van der Waals surface area contributed by atoms with Crippen molar-refractivity contribution in [2.24, 2.45) is 0 Å². The maximum atomic E-state index is 11.2. The molecule has 0 heterocycles. The number of aliphatic hydroxyl groups is 1. The third-order valence-electron chi connectivity index (χ3n) is 2.58. The SMILES string of the molecule is CCCCOC(=O)CCCC[C@H](O)CCOC. The Balaban J connectivity index is 3.29. The summed E-state index contributed by atoms with van der Waals surface area (Å²) < 4.78 is 9.91. The maximum Gasteiger partial charge on any atom is 0.305 e. The van der Waals surface area contributed by atoms with Crippen molar-refractivity contribution in [3.05, 3.63) is 0 Å². The Morgan fingerprint density at radius 1 is 1.18 bits per heavy atom. The van der Waals surface area contributed by atoms with Crippen LogP contribution in [0.25, 0.3) is 0 Å².